The zero-order valence-electron chi connectivity index (χ0n) is 18.1. The van der Waals surface area contributed by atoms with Crippen molar-refractivity contribution in [1.82, 2.24) is 5.32 Å². The van der Waals surface area contributed by atoms with Gasteiger partial charge in [-0.05, 0) is 30.3 Å². The first kappa shape index (κ1) is 22.5. The maximum absolute atomic E-state index is 12.8. The van der Waals surface area contributed by atoms with Crippen LogP contribution in [0.25, 0.3) is 0 Å². The van der Waals surface area contributed by atoms with Gasteiger partial charge in [-0.1, -0.05) is 60.7 Å². The number of rotatable bonds is 7. The molecule has 32 heavy (non-hydrogen) atoms. The minimum absolute atomic E-state index is 0.273. The van der Waals surface area contributed by atoms with Gasteiger partial charge in [0.05, 0.1) is 23.6 Å². The van der Waals surface area contributed by atoms with Crippen LogP contribution in [0.15, 0.2) is 60.7 Å². The fourth-order valence-corrected chi connectivity index (χ4v) is 5.56. The van der Waals surface area contributed by atoms with Crippen molar-refractivity contribution < 1.29 is 14.4 Å². The minimum Gasteiger partial charge on any atom is -0.462 e. The maximum atomic E-state index is 12.8. The molecule has 5 nitrogen and oxygen atoms in total. The number of carbonyl (C=O) groups is 1. The quantitative estimate of drug-likeness (QED) is 0.367. The van der Waals surface area contributed by atoms with Gasteiger partial charge in [-0.2, -0.15) is 0 Å². The monoisotopic (exact) mass is 466 g/mol. The SMILES string of the molecule is CCOC(=O)c1c(NC(=S)NCc2ccccc2)sc2c1CC[NH+](Cc1ccccc1)C2. The summed E-state index contributed by atoms with van der Waals surface area (Å²) in [6, 6.07) is 20.7. The predicted octanol–water partition coefficient (Wildman–Crippen LogP) is 3.55. The molecular weight excluding hydrogens is 438 g/mol. The summed E-state index contributed by atoms with van der Waals surface area (Å²) in [5.74, 6) is -0.273. The first-order chi connectivity index (χ1) is 15.6. The largest absolute Gasteiger partial charge is 0.462 e. The zero-order valence-corrected chi connectivity index (χ0v) is 19.8. The second-order valence-electron chi connectivity index (χ2n) is 7.81. The van der Waals surface area contributed by atoms with Gasteiger partial charge in [0.2, 0.25) is 0 Å². The Labute approximate surface area is 198 Å². The number of quaternary nitrogens is 1. The first-order valence-electron chi connectivity index (χ1n) is 10.9. The van der Waals surface area contributed by atoms with Crippen LogP contribution in [0.2, 0.25) is 0 Å². The molecule has 1 aliphatic rings. The third kappa shape index (κ3) is 5.54. The molecule has 0 bridgehead atoms. The molecule has 4 rings (SSSR count). The molecule has 1 atom stereocenters. The van der Waals surface area contributed by atoms with E-state index in [1.54, 1.807) is 11.3 Å². The van der Waals surface area contributed by atoms with Gasteiger partial charge in [0.25, 0.3) is 0 Å². The van der Waals surface area contributed by atoms with Gasteiger partial charge in [-0.3, -0.25) is 0 Å². The average Bonchev–Trinajstić information content (AvgIpc) is 3.16. The molecular formula is C25H28N3O2S2+. The molecule has 3 N–H and O–H groups in total. The van der Waals surface area contributed by atoms with Crippen molar-refractivity contribution >= 4 is 39.6 Å². The molecule has 1 aliphatic heterocycles. The summed E-state index contributed by atoms with van der Waals surface area (Å²) < 4.78 is 5.38. The lowest BCUT2D eigenvalue weighted by Gasteiger charge is -2.24. The van der Waals surface area contributed by atoms with Crippen LogP contribution in [0.1, 0.15) is 38.8 Å². The van der Waals surface area contributed by atoms with Crippen LogP contribution < -0.4 is 15.5 Å². The van der Waals surface area contributed by atoms with Gasteiger partial charge in [-0.25, -0.2) is 4.79 Å². The highest BCUT2D eigenvalue weighted by Gasteiger charge is 2.31. The predicted molar refractivity (Wildman–Crippen MR) is 133 cm³/mol. The van der Waals surface area contributed by atoms with Crippen molar-refractivity contribution in [2.75, 3.05) is 18.5 Å². The molecule has 0 spiro atoms. The van der Waals surface area contributed by atoms with Crippen LogP contribution in [0.3, 0.4) is 0 Å². The number of fused-ring (bicyclic) bond motifs is 1. The average molecular weight is 467 g/mol. The molecule has 1 unspecified atom stereocenters. The zero-order chi connectivity index (χ0) is 22.3. The second kappa shape index (κ2) is 10.7. The van der Waals surface area contributed by atoms with E-state index in [0.29, 0.717) is 23.8 Å². The van der Waals surface area contributed by atoms with Crippen LogP contribution >= 0.6 is 23.6 Å². The molecule has 2 heterocycles. The normalized spacial score (nSPS) is 15.0. The molecule has 0 saturated carbocycles. The van der Waals surface area contributed by atoms with Crippen molar-refractivity contribution in [2.24, 2.45) is 0 Å². The number of esters is 1. The Bertz CT molecular complexity index is 1070. The van der Waals surface area contributed by atoms with Crippen molar-refractivity contribution in [3.05, 3.63) is 87.8 Å². The topological polar surface area (TPSA) is 54.8 Å². The number of hydrogen-bond acceptors (Lipinski definition) is 4. The number of thiophene rings is 1. The molecule has 0 radical (unpaired) electrons. The summed E-state index contributed by atoms with van der Waals surface area (Å²) in [4.78, 5) is 15.5. The van der Waals surface area contributed by atoms with E-state index in [4.69, 9.17) is 17.0 Å². The number of nitrogens with one attached hydrogen (secondary N) is 3. The van der Waals surface area contributed by atoms with Gasteiger partial charge < -0.3 is 20.3 Å². The van der Waals surface area contributed by atoms with Crippen molar-refractivity contribution in [1.29, 1.82) is 0 Å². The molecule has 3 aromatic rings. The Morgan fingerprint density at radius 2 is 1.78 bits per heavy atom. The summed E-state index contributed by atoms with van der Waals surface area (Å²) in [6.07, 6.45) is 0.855. The molecule has 7 heteroatoms. The Kier molecular flexibility index (Phi) is 7.52. The smallest absolute Gasteiger partial charge is 0.341 e. The highest BCUT2D eigenvalue weighted by atomic mass is 32.1. The van der Waals surface area contributed by atoms with Gasteiger partial charge >= 0.3 is 5.97 Å². The van der Waals surface area contributed by atoms with Crippen LogP contribution in [-0.4, -0.2) is 24.2 Å². The lowest BCUT2D eigenvalue weighted by molar-refractivity contribution is -0.929. The second-order valence-corrected chi connectivity index (χ2v) is 9.32. The number of hydrogen-bond donors (Lipinski definition) is 3. The third-order valence-corrected chi connectivity index (χ3v) is 6.92. The fraction of sp³-hybridized carbons (Fsp3) is 0.280. The van der Waals surface area contributed by atoms with E-state index < -0.39 is 0 Å². The summed E-state index contributed by atoms with van der Waals surface area (Å²) in [5.41, 5.74) is 4.23. The molecule has 0 fully saturated rings. The van der Waals surface area contributed by atoms with Crippen molar-refractivity contribution in [2.45, 2.75) is 33.0 Å². The number of thiocarbonyl (C=S) groups is 1. The number of ether oxygens (including phenoxy) is 1. The molecule has 0 aliphatic carbocycles. The van der Waals surface area contributed by atoms with E-state index in [2.05, 4.69) is 34.9 Å². The summed E-state index contributed by atoms with van der Waals surface area (Å²) in [6.45, 7) is 5.68. The standard InChI is InChI=1S/C25H27N3O2S2/c1-2-30-24(29)22-20-13-14-28(16-19-11-7-4-8-12-19)17-21(20)32-23(22)27-25(31)26-15-18-9-5-3-6-10-18/h3-12H,2,13-17H2,1H3,(H2,26,27,31)/p+1. The molecule has 166 valence electrons. The third-order valence-electron chi connectivity index (χ3n) is 5.53. The summed E-state index contributed by atoms with van der Waals surface area (Å²) >= 11 is 7.14. The van der Waals surface area contributed by atoms with Crippen molar-refractivity contribution in [3.8, 4) is 0 Å². The summed E-state index contributed by atoms with van der Waals surface area (Å²) in [5, 5.41) is 7.79. The lowest BCUT2D eigenvalue weighted by Crippen LogP contribution is -3.10. The van der Waals surface area contributed by atoms with Gasteiger partial charge in [0.15, 0.2) is 5.11 Å². The molecule has 1 aromatic heterocycles. The van der Waals surface area contributed by atoms with Gasteiger partial charge in [0, 0.05) is 18.5 Å². The number of carbonyl (C=O) groups excluding carboxylic acids is 1. The Morgan fingerprint density at radius 3 is 2.47 bits per heavy atom. The van der Waals surface area contributed by atoms with Crippen LogP contribution in [0, 0.1) is 0 Å². The van der Waals surface area contributed by atoms with E-state index in [1.165, 1.54) is 15.3 Å². The first-order valence-corrected chi connectivity index (χ1v) is 12.1. The van der Waals surface area contributed by atoms with Crippen LogP contribution in [0.4, 0.5) is 5.00 Å². The Balaban J connectivity index is 1.49. The van der Waals surface area contributed by atoms with Crippen molar-refractivity contribution in [3.63, 3.8) is 0 Å². The minimum atomic E-state index is -0.273. The fourth-order valence-electron chi connectivity index (χ4n) is 4.00. The molecule has 0 saturated heterocycles. The molecule has 0 amide bonds. The number of anilines is 1. The summed E-state index contributed by atoms with van der Waals surface area (Å²) in [7, 11) is 0. The Hall–Kier alpha value is -2.74. The lowest BCUT2D eigenvalue weighted by atomic mass is 10.0. The van der Waals surface area contributed by atoms with Crippen LogP contribution in [0.5, 0.6) is 0 Å². The highest BCUT2D eigenvalue weighted by molar-refractivity contribution is 7.80. The molecule has 2 aromatic carbocycles. The van der Waals surface area contributed by atoms with E-state index in [9.17, 15) is 4.79 Å². The van der Waals surface area contributed by atoms with Crippen LogP contribution in [-0.2, 0) is 30.8 Å². The number of benzene rings is 2. The van der Waals surface area contributed by atoms with E-state index in [0.717, 1.165) is 42.2 Å². The van der Waals surface area contributed by atoms with E-state index in [-0.39, 0.29) is 5.97 Å². The van der Waals surface area contributed by atoms with Gasteiger partial charge in [0.1, 0.15) is 18.1 Å². The Morgan fingerprint density at radius 1 is 1.09 bits per heavy atom. The van der Waals surface area contributed by atoms with E-state index in [1.807, 2.05) is 43.3 Å². The van der Waals surface area contributed by atoms with E-state index >= 15 is 0 Å². The maximum Gasteiger partial charge on any atom is 0.341 e. The highest BCUT2D eigenvalue weighted by Crippen LogP contribution is 2.35. The van der Waals surface area contributed by atoms with Gasteiger partial charge in [-0.15, -0.1) is 11.3 Å².